The number of anilines is 1. The summed E-state index contributed by atoms with van der Waals surface area (Å²) in [7, 11) is 0. The van der Waals surface area contributed by atoms with Gasteiger partial charge in [-0.15, -0.1) is 0 Å². The number of hydrogen-bond donors (Lipinski definition) is 1. The summed E-state index contributed by atoms with van der Waals surface area (Å²) in [4.78, 5) is 27.9. The Kier molecular flexibility index (Phi) is 4.39. The maximum Gasteiger partial charge on any atom is 0.251 e. The van der Waals surface area contributed by atoms with Gasteiger partial charge in [0.25, 0.3) is 5.91 Å². The van der Waals surface area contributed by atoms with Crippen molar-refractivity contribution in [3.63, 3.8) is 0 Å². The van der Waals surface area contributed by atoms with Gasteiger partial charge in [-0.25, -0.2) is 0 Å². The molecular weight excluding hydrogens is 360 g/mol. The molecule has 4 heteroatoms. The van der Waals surface area contributed by atoms with Gasteiger partial charge in [0.15, 0.2) is 5.78 Å². The maximum atomic E-state index is 12.8. The van der Waals surface area contributed by atoms with Crippen LogP contribution in [-0.2, 0) is 6.54 Å². The second kappa shape index (κ2) is 7.21. The Morgan fingerprint density at radius 1 is 0.828 bits per heavy atom. The third-order valence-electron chi connectivity index (χ3n) is 5.87. The molecule has 0 saturated carbocycles. The monoisotopic (exact) mass is 382 g/mol. The fraction of sp³-hybridized carbons (Fsp3) is 0.200. The van der Waals surface area contributed by atoms with Crippen LogP contribution >= 0.6 is 0 Å². The number of amides is 1. The third kappa shape index (κ3) is 3.11. The van der Waals surface area contributed by atoms with Crippen molar-refractivity contribution < 1.29 is 9.59 Å². The second-order valence-corrected chi connectivity index (χ2v) is 7.64. The minimum atomic E-state index is -0.159. The van der Waals surface area contributed by atoms with E-state index in [-0.39, 0.29) is 11.7 Å². The molecule has 1 aliphatic carbocycles. The van der Waals surface area contributed by atoms with Crippen molar-refractivity contribution >= 4 is 17.4 Å². The zero-order valence-electron chi connectivity index (χ0n) is 16.2. The van der Waals surface area contributed by atoms with Gasteiger partial charge in [-0.2, -0.15) is 0 Å². The molecule has 1 aliphatic heterocycles. The normalized spacial score (nSPS) is 14.6. The van der Waals surface area contributed by atoms with Gasteiger partial charge in [0.2, 0.25) is 0 Å². The average molecular weight is 382 g/mol. The Morgan fingerprint density at radius 3 is 2.34 bits per heavy atom. The number of ketones is 1. The van der Waals surface area contributed by atoms with E-state index in [9.17, 15) is 9.59 Å². The van der Waals surface area contributed by atoms with Crippen molar-refractivity contribution in [3.05, 3.63) is 89.0 Å². The van der Waals surface area contributed by atoms with Crippen LogP contribution in [0.2, 0.25) is 0 Å². The van der Waals surface area contributed by atoms with E-state index in [4.69, 9.17) is 0 Å². The van der Waals surface area contributed by atoms with Crippen LogP contribution in [0, 0.1) is 0 Å². The van der Waals surface area contributed by atoms with Gasteiger partial charge >= 0.3 is 0 Å². The van der Waals surface area contributed by atoms with Crippen LogP contribution in [-0.4, -0.2) is 24.8 Å². The maximum absolute atomic E-state index is 12.8. The Bertz CT molecular complexity index is 1110. The Labute approximate surface area is 170 Å². The zero-order valence-corrected chi connectivity index (χ0v) is 16.2. The molecule has 144 valence electrons. The van der Waals surface area contributed by atoms with E-state index in [1.165, 1.54) is 18.5 Å². The molecule has 4 nitrogen and oxygen atoms in total. The summed E-state index contributed by atoms with van der Waals surface area (Å²) in [6, 6.07) is 21.2. The van der Waals surface area contributed by atoms with Crippen molar-refractivity contribution in [2.75, 3.05) is 18.0 Å². The first-order chi connectivity index (χ1) is 14.2. The second-order valence-electron chi connectivity index (χ2n) is 7.64. The summed E-state index contributed by atoms with van der Waals surface area (Å²) in [6.45, 7) is 2.60. The van der Waals surface area contributed by atoms with Crippen molar-refractivity contribution in [1.82, 2.24) is 5.32 Å². The van der Waals surface area contributed by atoms with Crippen LogP contribution in [0.5, 0.6) is 0 Å². The number of fused-ring (bicyclic) bond motifs is 3. The molecule has 1 saturated heterocycles. The van der Waals surface area contributed by atoms with E-state index in [0.29, 0.717) is 23.2 Å². The van der Waals surface area contributed by atoms with Crippen LogP contribution < -0.4 is 10.2 Å². The van der Waals surface area contributed by atoms with Crippen LogP contribution in [0.4, 0.5) is 5.69 Å². The molecule has 1 amide bonds. The molecule has 3 aromatic rings. The lowest BCUT2D eigenvalue weighted by atomic mass is 10.0. The number of hydrogen-bond acceptors (Lipinski definition) is 3. The number of rotatable bonds is 4. The standard InChI is InChI=1S/C25H22N2O2/c28-24-21-9-3-2-8-19(21)20-12-11-17(15-22(20)24)25(29)26-16-18-7-1-4-10-23(18)27-13-5-6-14-27/h1-4,7-12,15H,5-6,13-14,16H2,(H,26,29). The Hall–Kier alpha value is -3.40. The van der Waals surface area contributed by atoms with E-state index in [2.05, 4.69) is 22.3 Å². The SMILES string of the molecule is O=C(NCc1ccccc1N1CCCC1)c1ccc2c(c1)C(=O)c1ccccc1-2. The van der Waals surface area contributed by atoms with Crippen LogP contribution in [0.15, 0.2) is 66.7 Å². The number of carbonyl (C=O) groups excluding carboxylic acids is 2. The molecule has 2 aliphatic rings. The van der Waals surface area contributed by atoms with E-state index in [0.717, 1.165) is 29.8 Å². The first kappa shape index (κ1) is 17.7. The average Bonchev–Trinajstić information content (AvgIpc) is 3.40. The molecule has 5 rings (SSSR count). The zero-order chi connectivity index (χ0) is 19.8. The number of nitrogens with zero attached hydrogens (tertiary/aromatic N) is 1. The fourth-order valence-corrected chi connectivity index (χ4v) is 4.37. The van der Waals surface area contributed by atoms with E-state index in [1.54, 1.807) is 12.1 Å². The van der Waals surface area contributed by atoms with Crippen molar-refractivity contribution in [1.29, 1.82) is 0 Å². The first-order valence-corrected chi connectivity index (χ1v) is 10.1. The van der Waals surface area contributed by atoms with Gasteiger partial charge in [-0.05, 0) is 47.7 Å². The van der Waals surface area contributed by atoms with E-state index in [1.807, 2.05) is 42.5 Å². The van der Waals surface area contributed by atoms with Crippen LogP contribution in [0.3, 0.4) is 0 Å². The topological polar surface area (TPSA) is 49.4 Å². The largest absolute Gasteiger partial charge is 0.371 e. The van der Waals surface area contributed by atoms with Crippen LogP contribution in [0.25, 0.3) is 11.1 Å². The summed E-state index contributed by atoms with van der Waals surface area (Å²) >= 11 is 0. The molecule has 0 unspecified atom stereocenters. The van der Waals surface area contributed by atoms with Gasteiger partial charge in [0, 0.05) is 42.0 Å². The van der Waals surface area contributed by atoms with Gasteiger partial charge in [0.1, 0.15) is 0 Å². The smallest absolute Gasteiger partial charge is 0.251 e. The van der Waals surface area contributed by atoms with Crippen molar-refractivity contribution in [2.45, 2.75) is 19.4 Å². The van der Waals surface area contributed by atoms with Gasteiger partial charge in [-0.3, -0.25) is 9.59 Å². The van der Waals surface area contributed by atoms with Crippen molar-refractivity contribution in [3.8, 4) is 11.1 Å². The summed E-state index contributed by atoms with van der Waals surface area (Å²) in [5, 5.41) is 3.03. The molecular formula is C25H22N2O2. The minimum absolute atomic E-state index is 0.00960. The molecule has 0 radical (unpaired) electrons. The Morgan fingerprint density at radius 2 is 1.52 bits per heavy atom. The predicted molar refractivity (Wildman–Crippen MR) is 114 cm³/mol. The number of benzene rings is 3. The summed E-state index contributed by atoms with van der Waals surface area (Å²) < 4.78 is 0. The molecule has 1 N–H and O–H groups in total. The van der Waals surface area contributed by atoms with E-state index >= 15 is 0 Å². The number of para-hydroxylation sites is 1. The van der Waals surface area contributed by atoms with Gasteiger partial charge in [0.05, 0.1) is 0 Å². The highest BCUT2D eigenvalue weighted by molar-refractivity contribution is 6.22. The van der Waals surface area contributed by atoms with Crippen molar-refractivity contribution in [2.24, 2.45) is 0 Å². The van der Waals surface area contributed by atoms with Gasteiger partial charge < -0.3 is 10.2 Å². The number of carbonyl (C=O) groups is 2. The van der Waals surface area contributed by atoms with Gasteiger partial charge in [-0.1, -0.05) is 48.5 Å². The fourth-order valence-electron chi connectivity index (χ4n) is 4.37. The highest BCUT2D eigenvalue weighted by Crippen LogP contribution is 2.36. The molecule has 0 atom stereocenters. The molecule has 1 heterocycles. The minimum Gasteiger partial charge on any atom is -0.371 e. The summed E-state index contributed by atoms with van der Waals surface area (Å²) in [6.07, 6.45) is 2.43. The number of nitrogens with one attached hydrogen (secondary N) is 1. The lowest BCUT2D eigenvalue weighted by Gasteiger charge is -2.21. The summed E-state index contributed by atoms with van der Waals surface area (Å²) in [5.74, 6) is -0.169. The predicted octanol–water partition coefficient (Wildman–Crippen LogP) is 4.43. The van der Waals surface area contributed by atoms with E-state index < -0.39 is 0 Å². The molecule has 29 heavy (non-hydrogen) atoms. The molecule has 1 fully saturated rings. The first-order valence-electron chi connectivity index (χ1n) is 10.1. The Balaban J connectivity index is 1.35. The molecule has 3 aromatic carbocycles. The lowest BCUT2D eigenvalue weighted by Crippen LogP contribution is -2.25. The quantitative estimate of drug-likeness (QED) is 0.568. The highest BCUT2D eigenvalue weighted by atomic mass is 16.1. The van der Waals surface area contributed by atoms with Crippen LogP contribution in [0.1, 0.15) is 44.7 Å². The molecule has 0 bridgehead atoms. The molecule has 0 aromatic heterocycles. The third-order valence-corrected chi connectivity index (χ3v) is 5.87. The highest BCUT2D eigenvalue weighted by Gasteiger charge is 2.27. The molecule has 0 spiro atoms. The lowest BCUT2D eigenvalue weighted by molar-refractivity contribution is 0.0951. The summed E-state index contributed by atoms with van der Waals surface area (Å²) in [5.41, 5.74) is 6.00.